The lowest BCUT2D eigenvalue weighted by Crippen LogP contribution is -2.30. The van der Waals surface area contributed by atoms with Crippen LogP contribution in [0.1, 0.15) is 31.9 Å². The summed E-state index contributed by atoms with van der Waals surface area (Å²) in [4.78, 5) is 11.7. The molecule has 2 nitrogen and oxygen atoms in total. The summed E-state index contributed by atoms with van der Waals surface area (Å²) in [6, 6.07) is 7.98. The van der Waals surface area contributed by atoms with Crippen molar-refractivity contribution in [2.45, 2.75) is 45.1 Å². The van der Waals surface area contributed by atoms with Gasteiger partial charge < -0.3 is 4.74 Å². The Morgan fingerprint density at radius 3 is 2.29 bits per heavy atom. The Kier molecular flexibility index (Phi) is 4.58. The zero-order chi connectivity index (χ0) is 13.1. The van der Waals surface area contributed by atoms with Crippen molar-refractivity contribution in [1.82, 2.24) is 0 Å². The number of hydrogen-bond acceptors (Lipinski definition) is 2. The maximum absolute atomic E-state index is 11.7. The SMILES string of the molecule is Cc1ccc(C[C@@H](Cl)C(=O)OC(C)(C)C)cc1. The van der Waals surface area contributed by atoms with E-state index in [4.69, 9.17) is 16.3 Å². The number of hydrogen-bond donors (Lipinski definition) is 0. The molecule has 0 N–H and O–H groups in total. The van der Waals surface area contributed by atoms with E-state index in [1.807, 2.05) is 52.0 Å². The average Bonchev–Trinajstić information content (AvgIpc) is 2.19. The number of rotatable bonds is 3. The maximum atomic E-state index is 11.7. The van der Waals surface area contributed by atoms with Gasteiger partial charge in [-0.15, -0.1) is 11.6 Å². The van der Waals surface area contributed by atoms with Gasteiger partial charge in [-0.3, -0.25) is 4.79 Å². The van der Waals surface area contributed by atoms with Crippen molar-refractivity contribution in [1.29, 1.82) is 0 Å². The van der Waals surface area contributed by atoms with Crippen molar-refractivity contribution in [2.75, 3.05) is 0 Å². The third kappa shape index (κ3) is 5.22. The van der Waals surface area contributed by atoms with E-state index in [2.05, 4.69) is 0 Å². The van der Waals surface area contributed by atoms with Crippen molar-refractivity contribution in [2.24, 2.45) is 0 Å². The summed E-state index contributed by atoms with van der Waals surface area (Å²) in [6.07, 6.45) is 0.497. The molecule has 0 heterocycles. The molecule has 1 aromatic rings. The second-order valence-corrected chi connectivity index (χ2v) is 5.72. The van der Waals surface area contributed by atoms with Gasteiger partial charge in [-0.25, -0.2) is 0 Å². The van der Waals surface area contributed by atoms with Crippen LogP contribution in [0.15, 0.2) is 24.3 Å². The van der Waals surface area contributed by atoms with Crippen LogP contribution in [-0.4, -0.2) is 16.9 Å². The van der Waals surface area contributed by atoms with E-state index in [-0.39, 0.29) is 5.97 Å². The molecular formula is C14H19ClO2. The van der Waals surface area contributed by atoms with E-state index < -0.39 is 11.0 Å². The molecule has 1 aromatic carbocycles. The van der Waals surface area contributed by atoms with Gasteiger partial charge in [-0.05, 0) is 39.7 Å². The Balaban J connectivity index is 2.57. The van der Waals surface area contributed by atoms with Gasteiger partial charge in [-0.1, -0.05) is 29.8 Å². The number of carbonyl (C=O) groups excluding carboxylic acids is 1. The first kappa shape index (κ1) is 14.0. The van der Waals surface area contributed by atoms with Crippen molar-refractivity contribution in [3.63, 3.8) is 0 Å². The lowest BCUT2D eigenvalue weighted by atomic mass is 10.1. The first-order valence-corrected chi connectivity index (χ1v) is 6.14. The summed E-state index contributed by atoms with van der Waals surface area (Å²) in [5, 5.41) is -0.628. The molecule has 0 aromatic heterocycles. The Labute approximate surface area is 108 Å². The van der Waals surface area contributed by atoms with Gasteiger partial charge in [0.1, 0.15) is 11.0 Å². The van der Waals surface area contributed by atoms with Crippen LogP contribution in [0.3, 0.4) is 0 Å². The van der Waals surface area contributed by atoms with E-state index in [0.29, 0.717) is 6.42 Å². The smallest absolute Gasteiger partial charge is 0.324 e. The van der Waals surface area contributed by atoms with Crippen molar-refractivity contribution >= 4 is 17.6 Å². The van der Waals surface area contributed by atoms with E-state index in [0.717, 1.165) is 5.56 Å². The number of aryl methyl sites for hydroxylation is 1. The highest BCUT2D eigenvalue weighted by molar-refractivity contribution is 6.30. The fourth-order valence-corrected chi connectivity index (χ4v) is 1.60. The standard InChI is InChI=1S/C14H19ClO2/c1-10-5-7-11(8-6-10)9-12(15)13(16)17-14(2,3)4/h5-8,12H,9H2,1-4H3/t12-/m1/s1. The number of halogens is 1. The lowest BCUT2D eigenvalue weighted by Gasteiger charge is -2.21. The van der Waals surface area contributed by atoms with Crippen LogP contribution in [0.2, 0.25) is 0 Å². The Morgan fingerprint density at radius 1 is 1.29 bits per heavy atom. The number of ether oxygens (including phenoxy) is 1. The summed E-state index contributed by atoms with van der Waals surface area (Å²) in [6.45, 7) is 7.52. The third-order valence-electron chi connectivity index (χ3n) is 2.20. The van der Waals surface area contributed by atoms with Crippen LogP contribution in [-0.2, 0) is 16.0 Å². The molecule has 0 radical (unpaired) electrons. The van der Waals surface area contributed by atoms with Gasteiger partial charge in [0.25, 0.3) is 0 Å². The molecule has 94 valence electrons. The molecule has 0 bridgehead atoms. The highest BCUT2D eigenvalue weighted by Gasteiger charge is 2.23. The number of alkyl halides is 1. The van der Waals surface area contributed by atoms with Crippen LogP contribution in [0, 0.1) is 6.92 Å². The Hall–Kier alpha value is -1.02. The molecule has 0 spiro atoms. The zero-order valence-electron chi connectivity index (χ0n) is 10.8. The van der Waals surface area contributed by atoms with Gasteiger partial charge >= 0.3 is 5.97 Å². The largest absolute Gasteiger partial charge is 0.459 e. The molecule has 1 atom stereocenters. The minimum atomic E-state index is -0.628. The first-order chi connectivity index (χ1) is 7.78. The monoisotopic (exact) mass is 254 g/mol. The molecule has 0 saturated carbocycles. The topological polar surface area (TPSA) is 26.3 Å². The normalized spacial score (nSPS) is 13.2. The molecule has 0 aliphatic carbocycles. The van der Waals surface area contributed by atoms with E-state index in [9.17, 15) is 4.79 Å². The molecule has 0 aliphatic heterocycles. The molecule has 3 heteroatoms. The van der Waals surface area contributed by atoms with Crippen molar-refractivity contribution < 1.29 is 9.53 Å². The predicted octanol–water partition coefficient (Wildman–Crippen LogP) is 3.49. The summed E-state index contributed by atoms with van der Waals surface area (Å²) in [5.41, 5.74) is 1.75. The fourth-order valence-electron chi connectivity index (χ4n) is 1.38. The Bertz CT molecular complexity index is 376. The Morgan fingerprint density at radius 2 is 1.82 bits per heavy atom. The minimum absolute atomic E-state index is 0.361. The second kappa shape index (κ2) is 5.54. The van der Waals surface area contributed by atoms with Crippen molar-refractivity contribution in [3.05, 3.63) is 35.4 Å². The summed E-state index contributed by atoms with van der Waals surface area (Å²) in [5.74, 6) is -0.361. The third-order valence-corrected chi connectivity index (χ3v) is 2.53. The van der Waals surface area contributed by atoms with Gasteiger partial charge in [-0.2, -0.15) is 0 Å². The molecule has 0 unspecified atom stereocenters. The van der Waals surface area contributed by atoms with E-state index >= 15 is 0 Å². The van der Waals surface area contributed by atoms with Crippen LogP contribution in [0.25, 0.3) is 0 Å². The van der Waals surface area contributed by atoms with Gasteiger partial charge in [0.15, 0.2) is 0 Å². The maximum Gasteiger partial charge on any atom is 0.324 e. The summed E-state index contributed by atoms with van der Waals surface area (Å²) in [7, 11) is 0. The minimum Gasteiger partial charge on any atom is -0.459 e. The molecule has 1 rings (SSSR count). The van der Waals surface area contributed by atoms with Crippen LogP contribution in [0.5, 0.6) is 0 Å². The van der Waals surface area contributed by atoms with Gasteiger partial charge in [0.2, 0.25) is 0 Å². The number of benzene rings is 1. The van der Waals surface area contributed by atoms with Crippen LogP contribution in [0.4, 0.5) is 0 Å². The van der Waals surface area contributed by atoms with E-state index in [1.54, 1.807) is 0 Å². The highest BCUT2D eigenvalue weighted by atomic mass is 35.5. The van der Waals surface area contributed by atoms with Gasteiger partial charge in [0, 0.05) is 0 Å². The molecule has 0 fully saturated rings. The highest BCUT2D eigenvalue weighted by Crippen LogP contribution is 2.15. The lowest BCUT2D eigenvalue weighted by molar-refractivity contribution is -0.154. The zero-order valence-corrected chi connectivity index (χ0v) is 11.5. The average molecular weight is 255 g/mol. The molecule has 17 heavy (non-hydrogen) atoms. The summed E-state index contributed by atoms with van der Waals surface area (Å²) < 4.78 is 5.22. The van der Waals surface area contributed by atoms with Crippen molar-refractivity contribution in [3.8, 4) is 0 Å². The first-order valence-electron chi connectivity index (χ1n) is 5.70. The fraction of sp³-hybridized carbons (Fsp3) is 0.500. The quantitative estimate of drug-likeness (QED) is 0.610. The van der Waals surface area contributed by atoms with E-state index in [1.165, 1.54) is 5.56 Å². The second-order valence-electron chi connectivity index (χ2n) is 5.19. The van der Waals surface area contributed by atoms with Crippen LogP contribution < -0.4 is 0 Å². The molecule has 0 aliphatic rings. The van der Waals surface area contributed by atoms with Gasteiger partial charge in [0.05, 0.1) is 0 Å². The number of carbonyl (C=O) groups is 1. The number of esters is 1. The molecule has 0 amide bonds. The predicted molar refractivity (Wildman–Crippen MR) is 70.4 cm³/mol. The summed E-state index contributed by atoms with van der Waals surface area (Å²) >= 11 is 6.04. The van der Waals surface area contributed by atoms with Crippen LogP contribution >= 0.6 is 11.6 Å². The molecular weight excluding hydrogens is 236 g/mol. The molecule has 0 saturated heterocycles.